The lowest BCUT2D eigenvalue weighted by molar-refractivity contribution is -0.127. The number of aromatic nitrogens is 3. The largest absolute Gasteiger partial charge is 0.369 e. The normalized spacial score (nSPS) is 14.3. The van der Waals surface area contributed by atoms with Gasteiger partial charge in [0, 0.05) is 25.2 Å². The third-order valence-corrected chi connectivity index (χ3v) is 3.99. The number of aryl methyl sites for hydroxylation is 1. The Morgan fingerprint density at radius 3 is 2.96 bits per heavy atom. The van der Waals surface area contributed by atoms with Crippen LogP contribution in [0.5, 0.6) is 0 Å². The molecule has 0 unspecified atom stereocenters. The summed E-state index contributed by atoms with van der Waals surface area (Å²) in [5.74, 6) is 2.19. The minimum Gasteiger partial charge on any atom is -0.369 e. The Hall–Kier alpha value is -2.44. The molecule has 3 rings (SSSR count). The maximum absolute atomic E-state index is 11.7. The van der Waals surface area contributed by atoms with E-state index in [1.165, 1.54) is 6.42 Å². The number of nitrogens with one attached hydrogen (secondary N) is 2. The van der Waals surface area contributed by atoms with Gasteiger partial charge in [-0.3, -0.25) is 4.79 Å². The smallest absolute Gasteiger partial charge is 0.261 e. The summed E-state index contributed by atoms with van der Waals surface area (Å²) in [6.45, 7) is 3.16. The van der Waals surface area contributed by atoms with E-state index >= 15 is 0 Å². The van der Waals surface area contributed by atoms with Crippen molar-refractivity contribution in [2.75, 3.05) is 18.4 Å². The highest BCUT2D eigenvalue weighted by Gasteiger charge is 2.24. The van der Waals surface area contributed by atoms with E-state index in [-0.39, 0.29) is 11.8 Å². The number of pyridine rings is 1. The van der Waals surface area contributed by atoms with Crippen molar-refractivity contribution in [2.45, 2.75) is 32.6 Å². The lowest BCUT2D eigenvalue weighted by Crippen LogP contribution is -2.35. The Labute approximate surface area is 134 Å². The lowest BCUT2D eigenvalue weighted by Gasteiger charge is -2.24. The molecule has 7 nitrogen and oxygen atoms in total. The van der Waals surface area contributed by atoms with E-state index in [2.05, 4.69) is 25.8 Å². The zero-order valence-electron chi connectivity index (χ0n) is 13.2. The second-order valence-electron chi connectivity index (χ2n) is 5.75. The quantitative estimate of drug-likeness (QED) is 0.761. The molecule has 0 saturated heterocycles. The van der Waals surface area contributed by atoms with Crippen LogP contribution in [0.1, 0.15) is 31.5 Å². The van der Waals surface area contributed by atoms with Gasteiger partial charge in [-0.05, 0) is 38.3 Å². The third kappa shape index (κ3) is 3.85. The molecule has 7 heteroatoms. The fraction of sp³-hybridized carbons (Fsp3) is 0.500. The highest BCUT2D eigenvalue weighted by molar-refractivity contribution is 5.79. The maximum Gasteiger partial charge on any atom is 0.261 e. The summed E-state index contributed by atoms with van der Waals surface area (Å²) in [7, 11) is 0. The van der Waals surface area contributed by atoms with Crippen LogP contribution in [0.2, 0.25) is 0 Å². The minimum atomic E-state index is 0.191. The lowest BCUT2D eigenvalue weighted by atomic mass is 9.85. The first-order valence-corrected chi connectivity index (χ1v) is 8.01. The topological polar surface area (TPSA) is 92.9 Å². The molecular weight excluding hydrogens is 294 g/mol. The first kappa shape index (κ1) is 15.5. The molecule has 0 spiro atoms. The maximum atomic E-state index is 11.7. The number of carbonyl (C=O) groups excluding carboxylic acids is 1. The third-order valence-electron chi connectivity index (χ3n) is 3.99. The van der Waals surface area contributed by atoms with Gasteiger partial charge in [0.15, 0.2) is 5.82 Å². The molecule has 2 aromatic heterocycles. The molecule has 0 radical (unpaired) electrons. The predicted octanol–water partition coefficient (Wildman–Crippen LogP) is 2.16. The Bertz CT molecular complexity index is 666. The van der Waals surface area contributed by atoms with Gasteiger partial charge in [-0.1, -0.05) is 11.6 Å². The number of hydrogen-bond donors (Lipinski definition) is 2. The van der Waals surface area contributed by atoms with E-state index in [1.807, 2.05) is 12.1 Å². The molecule has 0 aromatic carbocycles. The van der Waals surface area contributed by atoms with Gasteiger partial charge in [0.25, 0.3) is 5.89 Å². The van der Waals surface area contributed by atoms with Crippen molar-refractivity contribution in [3.8, 4) is 11.5 Å². The summed E-state index contributed by atoms with van der Waals surface area (Å²) in [6, 6.07) is 3.72. The molecule has 1 aliphatic carbocycles. The predicted molar refractivity (Wildman–Crippen MR) is 85.7 cm³/mol. The van der Waals surface area contributed by atoms with Crippen LogP contribution in [0.4, 0.5) is 5.82 Å². The van der Waals surface area contributed by atoms with Gasteiger partial charge in [0.05, 0.1) is 5.56 Å². The SMILES string of the molecule is Cc1noc(-c2cccnc2NCCCNC(=O)C2CCC2)n1. The number of amides is 1. The summed E-state index contributed by atoms with van der Waals surface area (Å²) in [5.41, 5.74) is 0.784. The molecule has 0 bridgehead atoms. The number of anilines is 1. The number of hydrogen-bond acceptors (Lipinski definition) is 6. The highest BCUT2D eigenvalue weighted by Crippen LogP contribution is 2.26. The summed E-state index contributed by atoms with van der Waals surface area (Å²) in [6.07, 6.45) is 5.79. The standard InChI is InChI=1S/C16H21N5O2/c1-11-20-16(23-21-11)13-7-3-8-17-14(13)18-9-4-10-19-15(22)12-5-2-6-12/h3,7-8,12H,2,4-6,9-10H2,1H3,(H,17,18)(H,19,22). The van der Waals surface area contributed by atoms with Crippen LogP contribution in [0.15, 0.2) is 22.9 Å². The highest BCUT2D eigenvalue weighted by atomic mass is 16.5. The number of nitrogens with zero attached hydrogens (tertiary/aromatic N) is 3. The van der Waals surface area contributed by atoms with E-state index in [0.29, 0.717) is 30.6 Å². The van der Waals surface area contributed by atoms with Crippen LogP contribution >= 0.6 is 0 Å². The van der Waals surface area contributed by atoms with Crippen LogP contribution in [0.3, 0.4) is 0 Å². The van der Waals surface area contributed by atoms with Gasteiger partial charge in [0.1, 0.15) is 5.82 Å². The van der Waals surface area contributed by atoms with E-state index in [9.17, 15) is 4.79 Å². The van der Waals surface area contributed by atoms with E-state index in [1.54, 1.807) is 13.1 Å². The zero-order chi connectivity index (χ0) is 16.1. The zero-order valence-corrected chi connectivity index (χ0v) is 13.2. The van der Waals surface area contributed by atoms with Crippen molar-refractivity contribution in [1.29, 1.82) is 0 Å². The average Bonchev–Trinajstić information content (AvgIpc) is 2.92. The van der Waals surface area contributed by atoms with Crippen LogP contribution in [0.25, 0.3) is 11.5 Å². The molecule has 2 heterocycles. The van der Waals surface area contributed by atoms with Crippen molar-refractivity contribution >= 4 is 11.7 Å². The monoisotopic (exact) mass is 315 g/mol. The molecule has 0 aliphatic heterocycles. The molecule has 122 valence electrons. The Morgan fingerprint density at radius 1 is 1.39 bits per heavy atom. The first-order valence-electron chi connectivity index (χ1n) is 8.01. The molecule has 1 fully saturated rings. The van der Waals surface area contributed by atoms with Crippen LogP contribution < -0.4 is 10.6 Å². The van der Waals surface area contributed by atoms with Crippen LogP contribution in [0, 0.1) is 12.8 Å². The van der Waals surface area contributed by atoms with Crippen molar-refractivity contribution < 1.29 is 9.32 Å². The van der Waals surface area contributed by atoms with Crippen LogP contribution in [-0.2, 0) is 4.79 Å². The molecule has 1 saturated carbocycles. The Morgan fingerprint density at radius 2 is 2.26 bits per heavy atom. The summed E-state index contributed by atoms with van der Waals surface area (Å²) in [5, 5.41) is 10.0. The number of carbonyl (C=O) groups is 1. The molecule has 1 amide bonds. The number of rotatable bonds is 7. The van der Waals surface area contributed by atoms with Gasteiger partial charge in [-0.25, -0.2) is 4.98 Å². The second-order valence-corrected chi connectivity index (χ2v) is 5.75. The molecule has 1 aliphatic rings. The molecular formula is C16H21N5O2. The summed E-state index contributed by atoms with van der Waals surface area (Å²) in [4.78, 5) is 20.3. The van der Waals surface area contributed by atoms with E-state index in [0.717, 1.165) is 24.8 Å². The van der Waals surface area contributed by atoms with Crippen molar-refractivity contribution in [3.63, 3.8) is 0 Å². The average molecular weight is 315 g/mol. The summed E-state index contributed by atoms with van der Waals surface area (Å²) < 4.78 is 5.20. The van der Waals surface area contributed by atoms with Gasteiger partial charge in [-0.2, -0.15) is 4.98 Å². The fourth-order valence-electron chi connectivity index (χ4n) is 2.45. The van der Waals surface area contributed by atoms with Gasteiger partial charge in [-0.15, -0.1) is 0 Å². The van der Waals surface area contributed by atoms with Crippen molar-refractivity contribution in [3.05, 3.63) is 24.2 Å². The Balaban J connectivity index is 1.47. The van der Waals surface area contributed by atoms with E-state index in [4.69, 9.17) is 4.52 Å². The van der Waals surface area contributed by atoms with Crippen LogP contribution in [-0.4, -0.2) is 34.1 Å². The minimum absolute atomic E-state index is 0.191. The fourth-order valence-corrected chi connectivity index (χ4v) is 2.45. The van der Waals surface area contributed by atoms with Crippen molar-refractivity contribution in [2.24, 2.45) is 5.92 Å². The first-order chi connectivity index (χ1) is 11.2. The molecule has 0 atom stereocenters. The Kier molecular flexibility index (Phi) is 4.85. The van der Waals surface area contributed by atoms with E-state index < -0.39 is 0 Å². The van der Waals surface area contributed by atoms with Gasteiger partial charge >= 0.3 is 0 Å². The molecule has 2 aromatic rings. The molecule has 2 N–H and O–H groups in total. The second kappa shape index (κ2) is 7.21. The van der Waals surface area contributed by atoms with Gasteiger partial charge in [0.2, 0.25) is 5.91 Å². The molecule has 23 heavy (non-hydrogen) atoms. The van der Waals surface area contributed by atoms with Crippen molar-refractivity contribution in [1.82, 2.24) is 20.4 Å². The summed E-state index contributed by atoms with van der Waals surface area (Å²) >= 11 is 0. The van der Waals surface area contributed by atoms with Gasteiger partial charge < -0.3 is 15.2 Å².